The van der Waals surface area contributed by atoms with Crippen LogP contribution in [0.3, 0.4) is 0 Å². The number of hydrogen-bond acceptors (Lipinski definition) is 5. The Labute approximate surface area is 124 Å². The zero-order valence-electron chi connectivity index (χ0n) is 13.3. The van der Waals surface area contributed by atoms with Gasteiger partial charge in [0, 0.05) is 19.0 Å². The lowest BCUT2D eigenvalue weighted by atomic mass is 10.00. The van der Waals surface area contributed by atoms with E-state index in [-0.39, 0.29) is 12.6 Å². The molecule has 1 aromatic heterocycles. The molecule has 1 unspecified atom stereocenters. The van der Waals surface area contributed by atoms with E-state index in [2.05, 4.69) is 10.3 Å². The molecule has 2 rings (SSSR count). The van der Waals surface area contributed by atoms with Gasteiger partial charge in [-0.1, -0.05) is 5.21 Å². The summed E-state index contributed by atoms with van der Waals surface area (Å²) in [4.78, 5) is 13.6. The molecule has 0 aromatic carbocycles. The number of hydrogen-bond donors (Lipinski definition) is 1. The van der Waals surface area contributed by atoms with Gasteiger partial charge in [-0.25, -0.2) is 9.48 Å². The first kappa shape index (κ1) is 15.8. The summed E-state index contributed by atoms with van der Waals surface area (Å²) in [6.45, 7) is 10.1. The molecule has 1 aliphatic heterocycles. The fourth-order valence-electron chi connectivity index (χ4n) is 2.23. The van der Waals surface area contributed by atoms with E-state index < -0.39 is 17.3 Å². The van der Waals surface area contributed by atoms with Crippen molar-refractivity contribution in [3.05, 3.63) is 11.9 Å². The van der Waals surface area contributed by atoms with Crippen molar-refractivity contribution in [1.29, 1.82) is 0 Å². The van der Waals surface area contributed by atoms with Crippen LogP contribution < -0.4 is 0 Å². The molecule has 0 radical (unpaired) electrons. The molecule has 1 saturated heterocycles. The van der Waals surface area contributed by atoms with Crippen molar-refractivity contribution in [2.45, 2.75) is 58.3 Å². The Morgan fingerprint density at radius 2 is 2.14 bits per heavy atom. The van der Waals surface area contributed by atoms with Gasteiger partial charge in [0.15, 0.2) is 0 Å². The molecular weight excluding hydrogens is 272 g/mol. The average molecular weight is 296 g/mol. The lowest BCUT2D eigenvalue weighted by molar-refractivity contribution is 0.0126. The molecule has 1 aliphatic rings. The quantitative estimate of drug-likeness (QED) is 0.898. The van der Waals surface area contributed by atoms with Crippen molar-refractivity contribution in [3.63, 3.8) is 0 Å². The molecule has 0 bridgehead atoms. The highest BCUT2D eigenvalue weighted by atomic mass is 16.6. The van der Waals surface area contributed by atoms with E-state index in [4.69, 9.17) is 4.74 Å². The highest BCUT2D eigenvalue weighted by molar-refractivity contribution is 5.68. The monoisotopic (exact) mass is 296 g/mol. The topological polar surface area (TPSA) is 80.5 Å². The van der Waals surface area contributed by atoms with E-state index in [0.29, 0.717) is 18.7 Å². The smallest absolute Gasteiger partial charge is 0.410 e. The van der Waals surface area contributed by atoms with Crippen LogP contribution in [0.1, 0.15) is 52.8 Å². The van der Waals surface area contributed by atoms with Gasteiger partial charge in [0.1, 0.15) is 16.9 Å². The predicted octanol–water partition coefficient (Wildman–Crippen LogP) is 1.69. The molecule has 0 spiro atoms. The fourth-order valence-corrected chi connectivity index (χ4v) is 2.23. The molecule has 118 valence electrons. The van der Waals surface area contributed by atoms with Crippen LogP contribution in [0, 0.1) is 0 Å². The molecule has 0 saturated carbocycles. The Kier molecular flexibility index (Phi) is 3.97. The maximum absolute atomic E-state index is 12.0. The molecule has 7 heteroatoms. The summed E-state index contributed by atoms with van der Waals surface area (Å²) in [5.41, 5.74) is -1.19. The number of amides is 1. The van der Waals surface area contributed by atoms with Gasteiger partial charge in [0.05, 0.1) is 12.7 Å². The Morgan fingerprint density at radius 3 is 2.67 bits per heavy atom. The lowest BCUT2D eigenvalue weighted by Crippen LogP contribution is -2.38. The maximum Gasteiger partial charge on any atom is 0.410 e. The zero-order chi connectivity index (χ0) is 15.8. The third-order valence-electron chi connectivity index (χ3n) is 3.42. The molecule has 1 aromatic rings. The average Bonchev–Trinajstić information content (AvgIpc) is 2.93. The highest BCUT2D eigenvalue weighted by Crippen LogP contribution is 2.31. The summed E-state index contributed by atoms with van der Waals surface area (Å²) in [5.74, 6) is 0. The Balaban J connectivity index is 2.07. The standard InChI is InChI=1S/C14H24N4O3/c1-10(2)18-8-11(15-16-18)14(20)6-7-17(9-14)12(19)21-13(3,4)5/h8,10,20H,6-7,9H2,1-5H3. The van der Waals surface area contributed by atoms with Crippen LogP contribution in [0.15, 0.2) is 6.20 Å². The second-order valence-corrected chi connectivity index (χ2v) is 6.86. The number of carbonyl (C=O) groups is 1. The normalized spacial score (nSPS) is 22.9. The summed E-state index contributed by atoms with van der Waals surface area (Å²) in [6, 6.07) is 0.179. The van der Waals surface area contributed by atoms with Gasteiger partial charge in [-0.15, -0.1) is 5.10 Å². The molecule has 1 amide bonds. The minimum absolute atomic E-state index is 0.179. The lowest BCUT2D eigenvalue weighted by Gasteiger charge is -2.25. The zero-order valence-corrected chi connectivity index (χ0v) is 13.3. The molecule has 1 fully saturated rings. The summed E-state index contributed by atoms with van der Waals surface area (Å²) < 4.78 is 7.03. The highest BCUT2D eigenvalue weighted by Gasteiger charge is 2.43. The summed E-state index contributed by atoms with van der Waals surface area (Å²) in [7, 11) is 0. The summed E-state index contributed by atoms with van der Waals surface area (Å²) in [6.07, 6.45) is 1.77. The van der Waals surface area contributed by atoms with Gasteiger partial charge in [-0.05, 0) is 34.6 Å². The van der Waals surface area contributed by atoms with Crippen LogP contribution in [0.5, 0.6) is 0 Å². The van der Waals surface area contributed by atoms with Crippen LogP contribution in [-0.2, 0) is 10.3 Å². The van der Waals surface area contributed by atoms with Crippen molar-refractivity contribution in [2.24, 2.45) is 0 Å². The number of likely N-dealkylation sites (tertiary alicyclic amines) is 1. The number of aliphatic hydroxyl groups is 1. The number of rotatable bonds is 2. The van der Waals surface area contributed by atoms with E-state index in [0.717, 1.165) is 0 Å². The third kappa shape index (κ3) is 3.53. The number of carbonyl (C=O) groups excluding carboxylic acids is 1. The van der Waals surface area contributed by atoms with Crippen LogP contribution in [-0.4, -0.2) is 49.8 Å². The van der Waals surface area contributed by atoms with Crippen molar-refractivity contribution in [3.8, 4) is 0 Å². The third-order valence-corrected chi connectivity index (χ3v) is 3.42. The van der Waals surface area contributed by atoms with Gasteiger partial charge in [-0.3, -0.25) is 0 Å². The Hall–Kier alpha value is -1.63. The second kappa shape index (κ2) is 5.29. The van der Waals surface area contributed by atoms with E-state index in [1.165, 1.54) is 4.90 Å². The first-order chi connectivity index (χ1) is 9.61. The van der Waals surface area contributed by atoms with E-state index >= 15 is 0 Å². The molecule has 0 aliphatic carbocycles. The van der Waals surface area contributed by atoms with Crippen LogP contribution in [0.4, 0.5) is 4.79 Å². The van der Waals surface area contributed by atoms with Crippen molar-refractivity contribution in [2.75, 3.05) is 13.1 Å². The van der Waals surface area contributed by atoms with E-state index in [1.54, 1.807) is 10.9 Å². The van der Waals surface area contributed by atoms with Gasteiger partial charge in [-0.2, -0.15) is 0 Å². The van der Waals surface area contributed by atoms with Gasteiger partial charge < -0.3 is 14.7 Å². The minimum Gasteiger partial charge on any atom is -0.444 e. The number of nitrogens with zero attached hydrogens (tertiary/aromatic N) is 4. The molecule has 21 heavy (non-hydrogen) atoms. The first-order valence-electron chi connectivity index (χ1n) is 7.23. The van der Waals surface area contributed by atoms with Crippen LogP contribution in [0.25, 0.3) is 0 Å². The Bertz CT molecular complexity index is 521. The minimum atomic E-state index is -1.15. The number of ether oxygens (including phenoxy) is 1. The van der Waals surface area contributed by atoms with E-state index in [1.807, 2.05) is 34.6 Å². The molecular formula is C14H24N4O3. The van der Waals surface area contributed by atoms with Crippen molar-refractivity contribution >= 4 is 6.09 Å². The van der Waals surface area contributed by atoms with Gasteiger partial charge in [0.25, 0.3) is 0 Å². The van der Waals surface area contributed by atoms with Crippen molar-refractivity contribution in [1.82, 2.24) is 19.9 Å². The van der Waals surface area contributed by atoms with E-state index in [9.17, 15) is 9.90 Å². The van der Waals surface area contributed by atoms with Gasteiger partial charge in [0.2, 0.25) is 0 Å². The first-order valence-corrected chi connectivity index (χ1v) is 7.23. The van der Waals surface area contributed by atoms with Crippen LogP contribution >= 0.6 is 0 Å². The maximum atomic E-state index is 12.0. The van der Waals surface area contributed by atoms with Crippen LogP contribution in [0.2, 0.25) is 0 Å². The largest absolute Gasteiger partial charge is 0.444 e. The summed E-state index contributed by atoms with van der Waals surface area (Å²) >= 11 is 0. The number of aromatic nitrogens is 3. The Morgan fingerprint density at radius 1 is 1.48 bits per heavy atom. The molecule has 7 nitrogen and oxygen atoms in total. The SMILES string of the molecule is CC(C)n1cc(C2(O)CCN(C(=O)OC(C)(C)C)C2)nn1. The number of β-amino-alcohol motifs (C(OH)–C–C–N with tert-alkyl or cyclic N) is 1. The molecule has 2 heterocycles. The fraction of sp³-hybridized carbons (Fsp3) is 0.786. The second-order valence-electron chi connectivity index (χ2n) is 6.86. The van der Waals surface area contributed by atoms with Gasteiger partial charge >= 0.3 is 6.09 Å². The molecule has 1 atom stereocenters. The predicted molar refractivity (Wildman–Crippen MR) is 76.7 cm³/mol. The van der Waals surface area contributed by atoms with Crippen molar-refractivity contribution < 1.29 is 14.6 Å². The molecule has 1 N–H and O–H groups in total. The summed E-state index contributed by atoms with van der Waals surface area (Å²) in [5, 5.41) is 18.8.